The second-order valence-corrected chi connectivity index (χ2v) is 6.80. The summed E-state index contributed by atoms with van der Waals surface area (Å²) in [4.78, 5) is 3.84. The SMILES string of the molecule is O=S(=O)(Nc1cnc(Cl)c(Br)c1)c1ccccc1Cl. The molecule has 0 aliphatic heterocycles. The molecule has 0 fully saturated rings. The van der Waals surface area contributed by atoms with Crippen LogP contribution in [0.1, 0.15) is 0 Å². The molecule has 1 heterocycles. The second kappa shape index (κ2) is 5.66. The predicted octanol–water partition coefficient (Wildman–Crippen LogP) is 3.95. The first-order valence-electron chi connectivity index (χ1n) is 4.98. The number of hydrogen-bond donors (Lipinski definition) is 1. The number of rotatable bonds is 3. The van der Waals surface area contributed by atoms with E-state index < -0.39 is 10.0 Å². The number of sulfonamides is 1. The number of nitrogens with one attached hydrogen (secondary N) is 1. The number of aromatic nitrogens is 1. The lowest BCUT2D eigenvalue weighted by Crippen LogP contribution is -2.13. The van der Waals surface area contributed by atoms with Crippen molar-refractivity contribution in [3.8, 4) is 0 Å². The maximum Gasteiger partial charge on any atom is 0.263 e. The topological polar surface area (TPSA) is 59.1 Å². The van der Waals surface area contributed by atoms with Crippen LogP contribution >= 0.6 is 39.1 Å². The van der Waals surface area contributed by atoms with E-state index in [9.17, 15) is 8.42 Å². The minimum Gasteiger partial charge on any atom is -0.278 e. The summed E-state index contributed by atoms with van der Waals surface area (Å²) < 4.78 is 27.2. The van der Waals surface area contributed by atoms with Crippen LogP contribution in [-0.2, 0) is 10.0 Å². The highest BCUT2D eigenvalue weighted by Crippen LogP contribution is 2.26. The standard InChI is InChI=1S/C11H7BrCl2N2O2S/c12-8-5-7(6-15-11(8)14)16-19(17,18)10-4-2-1-3-9(10)13/h1-6,16H. The Balaban J connectivity index is 2.37. The number of hydrogen-bond acceptors (Lipinski definition) is 3. The van der Waals surface area contributed by atoms with Crippen molar-refractivity contribution >= 4 is 54.8 Å². The van der Waals surface area contributed by atoms with Crippen molar-refractivity contribution in [1.82, 2.24) is 4.98 Å². The van der Waals surface area contributed by atoms with Crippen LogP contribution < -0.4 is 4.72 Å². The Morgan fingerprint density at radius 2 is 1.89 bits per heavy atom. The summed E-state index contributed by atoms with van der Waals surface area (Å²) in [6.07, 6.45) is 1.32. The van der Waals surface area contributed by atoms with Gasteiger partial charge in [-0.1, -0.05) is 35.3 Å². The largest absolute Gasteiger partial charge is 0.278 e. The number of anilines is 1. The lowest BCUT2D eigenvalue weighted by Gasteiger charge is -2.09. The van der Waals surface area contributed by atoms with E-state index in [4.69, 9.17) is 23.2 Å². The fourth-order valence-corrected chi connectivity index (χ4v) is 3.36. The summed E-state index contributed by atoms with van der Waals surface area (Å²) in [6.45, 7) is 0. The average Bonchev–Trinajstić information content (AvgIpc) is 2.34. The predicted molar refractivity (Wildman–Crippen MR) is 79.2 cm³/mol. The number of pyridine rings is 1. The smallest absolute Gasteiger partial charge is 0.263 e. The molecule has 0 atom stereocenters. The molecule has 100 valence electrons. The monoisotopic (exact) mass is 380 g/mol. The van der Waals surface area contributed by atoms with Crippen LogP contribution in [0.15, 0.2) is 45.9 Å². The van der Waals surface area contributed by atoms with Crippen molar-refractivity contribution in [2.75, 3.05) is 4.72 Å². The van der Waals surface area contributed by atoms with Gasteiger partial charge in [0.2, 0.25) is 0 Å². The van der Waals surface area contributed by atoms with E-state index in [1.807, 2.05) is 0 Å². The van der Waals surface area contributed by atoms with Gasteiger partial charge in [-0.3, -0.25) is 4.72 Å². The van der Waals surface area contributed by atoms with E-state index in [0.29, 0.717) is 4.47 Å². The first kappa shape index (κ1) is 14.6. The third kappa shape index (κ3) is 3.39. The second-order valence-electron chi connectivity index (χ2n) is 3.53. The number of halogens is 3. The summed E-state index contributed by atoms with van der Waals surface area (Å²) in [6, 6.07) is 7.69. The molecule has 2 aromatic rings. The van der Waals surface area contributed by atoms with Crippen LogP contribution in [0.25, 0.3) is 0 Å². The Kier molecular flexibility index (Phi) is 4.35. The zero-order valence-corrected chi connectivity index (χ0v) is 13.2. The fraction of sp³-hybridized carbons (Fsp3) is 0. The highest BCUT2D eigenvalue weighted by molar-refractivity contribution is 9.10. The third-order valence-electron chi connectivity index (χ3n) is 2.17. The Morgan fingerprint density at radius 1 is 1.21 bits per heavy atom. The van der Waals surface area contributed by atoms with Gasteiger partial charge < -0.3 is 0 Å². The van der Waals surface area contributed by atoms with Gasteiger partial charge in [-0.15, -0.1) is 0 Å². The first-order valence-corrected chi connectivity index (χ1v) is 8.02. The number of nitrogens with zero attached hydrogens (tertiary/aromatic N) is 1. The van der Waals surface area contributed by atoms with E-state index in [1.165, 1.54) is 24.4 Å². The van der Waals surface area contributed by atoms with Crippen LogP contribution in [0.2, 0.25) is 10.2 Å². The van der Waals surface area contributed by atoms with Crippen LogP contribution in [0.4, 0.5) is 5.69 Å². The molecule has 0 saturated carbocycles. The van der Waals surface area contributed by atoms with E-state index in [-0.39, 0.29) is 20.8 Å². The van der Waals surface area contributed by atoms with Crippen LogP contribution in [0.3, 0.4) is 0 Å². The number of benzene rings is 1. The van der Waals surface area contributed by atoms with Gasteiger partial charge in [0.05, 0.1) is 21.4 Å². The zero-order chi connectivity index (χ0) is 14.0. The molecule has 1 aromatic carbocycles. The highest BCUT2D eigenvalue weighted by Gasteiger charge is 2.17. The van der Waals surface area contributed by atoms with Crippen molar-refractivity contribution in [1.29, 1.82) is 0 Å². The molecule has 1 aromatic heterocycles. The third-order valence-corrected chi connectivity index (χ3v) is 5.19. The minimum atomic E-state index is -3.76. The molecule has 4 nitrogen and oxygen atoms in total. The van der Waals surface area contributed by atoms with E-state index >= 15 is 0 Å². The van der Waals surface area contributed by atoms with E-state index in [1.54, 1.807) is 12.1 Å². The molecule has 1 N–H and O–H groups in total. The van der Waals surface area contributed by atoms with Gasteiger partial charge in [-0.05, 0) is 34.1 Å². The summed E-state index contributed by atoms with van der Waals surface area (Å²) in [7, 11) is -3.76. The van der Waals surface area contributed by atoms with Gasteiger partial charge in [0.25, 0.3) is 10.0 Å². The van der Waals surface area contributed by atoms with Gasteiger partial charge in [0, 0.05) is 0 Å². The molecule has 0 aliphatic rings. The van der Waals surface area contributed by atoms with Gasteiger partial charge in [-0.25, -0.2) is 13.4 Å². The molecule has 0 radical (unpaired) electrons. The summed E-state index contributed by atoms with van der Waals surface area (Å²) in [5.41, 5.74) is 0.288. The van der Waals surface area contributed by atoms with Crippen molar-refractivity contribution < 1.29 is 8.42 Å². The van der Waals surface area contributed by atoms with Crippen LogP contribution in [0, 0.1) is 0 Å². The lowest BCUT2D eigenvalue weighted by molar-refractivity contribution is 0.601. The summed E-state index contributed by atoms with van der Waals surface area (Å²) in [5, 5.41) is 0.400. The Morgan fingerprint density at radius 3 is 2.53 bits per heavy atom. The molecule has 0 spiro atoms. The van der Waals surface area contributed by atoms with Crippen LogP contribution in [-0.4, -0.2) is 13.4 Å². The van der Waals surface area contributed by atoms with Crippen molar-refractivity contribution in [3.63, 3.8) is 0 Å². The fourth-order valence-electron chi connectivity index (χ4n) is 1.35. The Hall–Kier alpha value is -0.820. The normalized spacial score (nSPS) is 11.3. The minimum absolute atomic E-state index is 0.00254. The van der Waals surface area contributed by atoms with Crippen LogP contribution in [0.5, 0.6) is 0 Å². The van der Waals surface area contributed by atoms with Gasteiger partial charge in [-0.2, -0.15) is 0 Å². The van der Waals surface area contributed by atoms with Gasteiger partial charge in [0.15, 0.2) is 0 Å². The highest BCUT2D eigenvalue weighted by atomic mass is 79.9. The lowest BCUT2D eigenvalue weighted by atomic mass is 10.4. The van der Waals surface area contributed by atoms with E-state index in [2.05, 4.69) is 25.6 Å². The molecule has 19 heavy (non-hydrogen) atoms. The van der Waals surface area contributed by atoms with Crippen molar-refractivity contribution in [3.05, 3.63) is 51.2 Å². The van der Waals surface area contributed by atoms with Gasteiger partial charge in [0.1, 0.15) is 10.0 Å². The van der Waals surface area contributed by atoms with E-state index in [0.717, 1.165) is 0 Å². The first-order chi connectivity index (χ1) is 8.90. The molecule has 8 heteroatoms. The zero-order valence-electron chi connectivity index (χ0n) is 9.27. The van der Waals surface area contributed by atoms with Crippen molar-refractivity contribution in [2.24, 2.45) is 0 Å². The molecule has 0 amide bonds. The molecular weight excluding hydrogens is 375 g/mol. The summed E-state index contributed by atoms with van der Waals surface area (Å²) >= 11 is 14.8. The summed E-state index contributed by atoms with van der Waals surface area (Å²) in [5.74, 6) is 0. The molecule has 0 bridgehead atoms. The Bertz CT molecular complexity index is 722. The molecular formula is C11H7BrCl2N2O2S. The molecule has 0 aliphatic carbocycles. The van der Waals surface area contributed by atoms with Gasteiger partial charge >= 0.3 is 0 Å². The molecule has 0 unspecified atom stereocenters. The molecule has 0 saturated heterocycles. The molecule has 2 rings (SSSR count). The maximum atomic E-state index is 12.1. The quantitative estimate of drug-likeness (QED) is 0.818. The Labute approximate surface area is 128 Å². The van der Waals surface area contributed by atoms with Crippen molar-refractivity contribution in [2.45, 2.75) is 4.90 Å². The average molecular weight is 382 g/mol. The maximum absolute atomic E-state index is 12.1.